The molecular formula is C26H20N6O10S3. The molecule has 5 aromatic carbocycles. The van der Waals surface area contributed by atoms with Crippen LogP contribution in [0.4, 0.5) is 34.1 Å². The fourth-order valence-corrected chi connectivity index (χ4v) is 6.34. The molecule has 19 heteroatoms. The Bertz CT molecular complexity index is 2450. The molecule has 0 aliphatic carbocycles. The lowest BCUT2D eigenvalue weighted by atomic mass is 10.1. The van der Waals surface area contributed by atoms with E-state index in [1.54, 1.807) is 24.3 Å². The summed E-state index contributed by atoms with van der Waals surface area (Å²) in [5, 5.41) is 26.8. The number of anilines is 2. The highest BCUT2D eigenvalue weighted by atomic mass is 32.2. The monoisotopic (exact) mass is 672 g/mol. The molecule has 0 fully saturated rings. The van der Waals surface area contributed by atoms with Gasteiger partial charge in [0.2, 0.25) is 0 Å². The van der Waals surface area contributed by atoms with E-state index in [0.717, 1.165) is 24.3 Å². The van der Waals surface area contributed by atoms with E-state index in [-0.39, 0.29) is 22.4 Å². The van der Waals surface area contributed by atoms with E-state index in [4.69, 9.17) is 11.5 Å². The maximum atomic E-state index is 12.0. The van der Waals surface area contributed by atoms with Gasteiger partial charge in [0.1, 0.15) is 15.5 Å². The van der Waals surface area contributed by atoms with Crippen molar-refractivity contribution in [3.63, 3.8) is 0 Å². The van der Waals surface area contributed by atoms with Gasteiger partial charge in [0.05, 0.1) is 33.0 Å². The molecule has 0 aromatic heterocycles. The molecule has 0 spiro atoms. The van der Waals surface area contributed by atoms with Gasteiger partial charge in [-0.3, -0.25) is 13.7 Å². The number of nitrogens with zero attached hydrogens (tertiary/aromatic N) is 4. The molecule has 45 heavy (non-hydrogen) atoms. The minimum absolute atomic E-state index is 0.0104. The smallest absolute Gasteiger partial charge is 0.296 e. The van der Waals surface area contributed by atoms with Crippen molar-refractivity contribution in [1.82, 2.24) is 0 Å². The molecule has 0 unspecified atom stereocenters. The van der Waals surface area contributed by atoms with Crippen molar-refractivity contribution in [3.8, 4) is 5.75 Å². The van der Waals surface area contributed by atoms with Crippen LogP contribution in [-0.4, -0.2) is 44.0 Å². The Balaban J connectivity index is 1.69. The van der Waals surface area contributed by atoms with Gasteiger partial charge in [-0.25, -0.2) is 0 Å². The van der Waals surface area contributed by atoms with Crippen molar-refractivity contribution in [3.05, 3.63) is 72.8 Å². The highest BCUT2D eigenvalue weighted by Crippen LogP contribution is 2.44. The molecule has 0 amide bonds. The lowest BCUT2D eigenvalue weighted by Gasteiger charge is -2.13. The molecule has 0 bridgehead atoms. The number of aromatic hydroxyl groups is 1. The molecule has 0 aliphatic heterocycles. The Labute approximate surface area is 254 Å². The van der Waals surface area contributed by atoms with Crippen LogP contribution in [0.3, 0.4) is 0 Å². The number of phenols is 1. The predicted molar refractivity (Wildman–Crippen MR) is 163 cm³/mol. The summed E-state index contributed by atoms with van der Waals surface area (Å²) < 4.78 is 100. The molecule has 0 saturated carbocycles. The fourth-order valence-electron chi connectivity index (χ4n) is 4.40. The predicted octanol–water partition coefficient (Wildman–Crippen LogP) is 5.43. The van der Waals surface area contributed by atoms with E-state index in [0.29, 0.717) is 22.8 Å². The van der Waals surface area contributed by atoms with Crippen molar-refractivity contribution in [2.75, 3.05) is 11.5 Å². The van der Waals surface area contributed by atoms with Crippen LogP contribution >= 0.6 is 0 Å². The molecule has 16 nitrogen and oxygen atoms in total. The van der Waals surface area contributed by atoms with E-state index in [1.165, 1.54) is 18.2 Å². The van der Waals surface area contributed by atoms with Crippen LogP contribution in [-0.2, 0) is 30.4 Å². The van der Waals surface area contributed by atoms with Crippen molar-refractivity contribution in [2.45, 2.75) is 14.7 Å². The normalized spacial score (nSPS) is 13.0. The molecule has 0 atom stereocenters. The molecule has 0 saturated heterocycles. The van der Waals surface area contributed by atoms with Crippen molar-refractivity contribution >= 4 is 86.0 Å². The number of fused-ring (bicyclic) bond motifs is 2. The summed E-state index contributed by atoms with van der Waals surface area (Å²) in [6.07, 6.45) is 0. The summed E-state index contributed by atoms with van der Waals surface area (Å²) in [5.74, 6) is -0.861. The van der Waals surface area contributed by atoms with Gasteiger partial charge in [0.15, 0.2) is 5.75 Å². The van der Waals surface area contributed by atoms with Gasteiger partial charge in [0.25, 0.3) is 30.4 Å². The summed E-state index contributed by atoms with van der Waals surface area (Å²) >= 11 is 0. The van der Waals surface area contributed by atoms with Crippen LogP contribution in [0.5, 0.6) is 5.75 Å². The van der Waals surface area contributed by atoms with Gasteiger partial charge in [-0.1, -0.05) is 18.2 Å². The Morgan fingerprint density at radius 2 is 1.13 bits per heavy atom. The summed E-state index contributed by atoms with van der Waals surface area (Å²) in [4.78, 5) is -2.54. The number of rotatable bonds is 7. The third kappa shape index (κ3) is 6.29. The van der Waals surface area contributed by atoms with Crippen molar-refractivity contribution < 1.29 is 44.0 Å². The number of benzene rings is 5. The van der Waals surface area contributed by atoms with E-state index in [9.17, 15) is 44.0 Å². The maximum absolute atomic E-state index is 12.0. The summed E-state index contributed by atoms with van der Waals surface area (Å²) in [6, 6.07) is 15.6. The van der Waals surface area contributed by atoms with Crippen LogP contribution in [0.1, 0.15) is 0 Å². The number of phenolic OH excluding ortho intramolecular Hbond substituents is 1. The molecule has 0 radical (unpaired) electrons. The molecule has 5 rings (SSSR count). The number of azo groups is 2. The van der Waals surface area contributed by atoms with E-state index in [1.807, 2.05) is 0 Å². The number of nitrogen functional groups attached to an aromatic ring is 2. The molecular weight excluding hydrogens is 653 g/mol. The SMILES string of the molecule is Nc1cccc(N=Nc2ccc(N=Nc3ccc4c(S(=O)(=O)O)cc(S(=O)(=O)O)c(N)c4c3O)c3cc(S(=O)(=O)O)ccc23)c1. The van der Waals surface area contributed by atoms with Crippen LogP contribution in [0.25, 0.3) is 21.5 Å². The average molecular weight is 673 g/mol. The number of nitrogens with two attached hydrogens (primary N) is 2. The Kier molecular flexibility index (Phi) is 7.77. The Hall–Kier alpha value is -5.05. The van der Waals surface area contributed by atoms with Gasteiger partial charge in [-0.05, 0) is 54.6 Å². The first-order valence-corrected chi connectivity index (χ1v) is 16.5. The second kappa shape index (κ2) is 11.1. The lowest BCUT2D eigenvalue weighted by Crippen LogP contribution is -2.08. The Morgan fingerprint density at radius 1 is 0.556 bits per heavy atom. The van der Waals surface area contributed by atoms with Crippen LogP contribution in [0.2, 0.25) is 0 Å². The summed E-state index contributed by atoms with van der Waals surface area (Å²) in [6.45, 7) is 0. The van der Waals surface area contributed by atoms with Gasteiger partial charge in [-0.2, -0.15) is 30.4 Å². The second-order valence-corrected chi connectivity index (χ2v) is 13.6. The number of hydrogen-bond donors (Lipinski definition) is 6. The van der Waals surface area contributed by atoms with Gasteiger partial charge in [0, 0.05) is 21.8 Å². The Morgan fingerprint density at radius 3 is 1.76 bits per heavy atom. The summed E-state index contributed by atoms with van der Waals surface area (Å²) in [7, 11) is -14.8. The quantitative estimate of drug-likeness (QED) is 0.0716. The van der Waals surface area contributed by atoms with Gasteiger partial charge >= 0.3 is 0 Å². The van der Waals surface area contributed by atoms with Gasteiger partial charge < -0.3 is 16.6 Å². The highest BCUT2D eigenvalue weighted by Gasteiger charge is 2.26. The molecule has 0 aliphatic rings. The summed E-state index contributed by atoms with van der Waals surface area (Å²) in [5.41, 5.74) is 11.7. The molecule has 5 aromatic rings. The van der Waals surface area contributed by atoms with Crippen molar-refractivity contribution in [2.24, 2.45) is 20.5 Å². The molecule has 232 valence electrons. The third-order valence-corrected chi connectivity index (χ3v) is 9.06. The topological polar surface area (TPSA) is 285 Å². The highest BCUT2D eigenvalue weighted by molar-refractivity contribution is 7.87. The van der Waals surface area contributed by atoms with E-state index < -0.39 is 67.3 Å². The lowest BCUT2D eigenvalue weighted by molar-refractivity contribution is 0.478. The maximum Gasteiger partial charge on any atom is 0.296 e. The first-order chi connectivity index (χ1) is 20.9. The fraction of sp³-hybridized carbons (Fsp3) is 0. The zero-order valence-corrected chi connectivity index (χ0v) is 24.8. The largest absolute Gasteiger partial charge is 0.505 e. The standard InChI is InChI=1S/C26H20N6O10S3/c27-13-2-1-3-14(10-13)29-30-19-8-9-20(18-11-15(43(34,35)36)4-5-16(18)19)31-32-21-7-6-17-22(44(37,38)39)12-23(45(40,41)42)25(28)24(17)26(21)33/h1-12,33H,27-28H2,(H,34,35,36)(H,37,38,39)(H,40,41,42). The van der Waals surface area contributed by atoms with E-state index >= 15 is 0 Å². The molecule has 0 heterocycles. The first-order valence-electron chi connectivity index (χ1n) is 12.2. The molecule has 8 N–H and O–H groups in total. The zero-order chi connectivity index (χ0) is 32.9. The van der Waals surface area contributed by atoms with Crippen LogP contribution in [0, 0.1) is 0 Å². The van der Waals surface area contributed by atoms with Crippen LogP contribution < -0.4 is 11.5 Å². The van der Waals surface area contributed by atoms with Crippen LogP contribution in [0.15, 0.2) is 108 Å². The average Bonchev–Trinajstić information content (AvgIpc) is 2.94. The minimum atomic E-state index is -5.12. The first kappa shape index (κ1) is 31.4. The minimum Gasteiger partial charge on any atom is -0.505 e. The zero-order valence-electron chi connectivity index (χ0n) is 22.3. The second-order valence-electron chi connectivity index (χ2n) is 9.37. The van der Waals surface area contributed by atoms with E-state index in [2.05, 4.69) is 20.5 Å². The van der Waals surface area contributed by atoms with Gasteiger partial charge in [-0.15, -0.1) is 15.3 Å². The third-order valence-electron chi connectivity index (χ3n) is 6.42. The van der Waals surface area contributed by atoms with Crippen molar-refractivity contribution in [1.29, 1.82) is 0 Å². The number of hydrogen-bond acceptors (Lipinski definition) is 13.